The molecule has 0 bridgehead atoms. The lowest BCUT2D eigenvalue weighted by Crippen LogP contribution is -2.71. The van der Waals surface area contributed by atoms with Crippen molar-refractivity contribution in [3.63, 3.8) is 0 Å². The number of aromatic amines is 1. The molecule has 2 aromatic rings. The first-order chi connectivity index (χ1) is 17.9. The summed E-state index contributed by atoms with van der Waals surface area (Å²) in [7, 11) is 2.55. The summed E-state index contributed by atoms with van der Waals surface area (Å²) in [5.41, 5.74) is 0.0560. The van der Waals surface area contributed by atoms with Gasteiger partial charge in [-0.1, -0.05) is 16.9 Å². The van der Waals surface area contributed by atoms with E-state index in [2.05, 4.69) is 25.5 Å². The Labute approximate surface area is 216 Å². The van der Waals surface area contributed by atoms with Gasteiger partial charge in [0, 0.05) is 26.6 Å². The minimum absolute atomic E-state index is 0.121. The van der Waals surface area contributed by atoms with Crippen LogP contribution in [0.5, 0.6) is 0 Å². The molecule has 36 heavy (non-hydrogen) atoms. The second-order valence-corrected chi connectivity index (χ2v) is 9.86. The fourth-order valence-electron chi connectivity index (χ4n) is 3.26. The van der Waals surface area contributed by atoms with E-state index in [4.69, 9.17) is 13.3 Å². The van der Waals surface area contributed by atoms with Crippen LogP contribution in [0.4, 0.5) is 5.13 Å². The van der Waals surface area contributed by atoms with E-state index in [1.165, 1.54) is 19.5 Å². The number of anilines is 1. The lowest BCUT2D eigenvalue weighted by Gasteiger charge is -2.49. The van der Waals surface area contributed by atoms with E-state index in [0.29, 0.717) is 11.8 Å². The van der Waals surface area contributed by atoms with Crippen LogP contribution in [-0.4, -0.2) is 83.2 Å². The number of carboxylic acids is 1. The predicted molar refractivity (Wildman–Crippen MR) is 131 cm³/mol. The number of aromatic nitrogens is 4. The molecule has 2 aromatic heterocycles. The molecule has 1 saturated heterocycles. The minimum Gasteiger partial charge on any atom is -0.477 e. The van der Waals surface area contributed by atoms with Crippen molar-refractivity contribution < 1.29 is 27.1 Å². The highest BCUT2D eigenvalue weighted by Crippen LogP contribution is 2.41. The Morgan fingerprint density at radius 2 is 2.19 bits per heavy atom. The zero-order valence-corrected chi connectivity index (χ0v) is 20.8. The molecule has 0 spiro atoms. The van der Waals surface area contributed by atoms with E-state index >= 15 is 0 Å². The number of nitrogens with one attached hydrogen (secondary N) is 2. The van der Waals surface area contributed by atoms with Gasteiger partial charge in [0.05, 0.1) is 0 Å². The maximum Gasteiger partial charge on any atom is 0.352 e. The zero-order chi connectivity index (χ0) is 27.9. The molecule has 2 aliphatic heterocycles. The lowest BCUT2D eigenvalue weighted by molar-refractivity contribution is -0.150. The molecule has 2 atom stereocenters. The van der Waals surface area contributed by atoms with Gasteiger partial charge in [0.15, 0.2) is 16.0 Å². The SMILES string of the molecule is [2H]C([2H])(Sc1nc(=O)c(=O)[nH]n1C)C1=C(C(=O)O)N2C(=O)[C@@H](NC(=O)/C(=N\OC)c3csc(N)n3)C2SC1. The number of fused-ring (bicyclic) bond motifs is 1. The molecule has 2 amide bonds. The number of carboxylic acid groups (broad SMARTS) is 1. The first-order valence-electron chi connectivity index (χ1n) is 10.8. The Balaban J connectivity index is 1.59. The molecular weight excluding hydrogens is 536 g/mol. The van der Waals surface area contributed by atoms with E-state index in [1.807, 2.05) is 0 Å². The average molecular weight is 557 g/mol. The largest absolute Gasteiger partial charge is 0.477 e. The predicted octanol–water partition coefficient (Wildman–Crippen LogP) is -1.61. The summed E-state index contributed by atoms with van der Waals surface area (Å²) in [4.78, 5) is 74.2. The summed E-state index contributed by atoms with van der Waals surface area (Å²) < 4.78 is 18.0. The number of H-pyrrole nitrogens is 1. The molecule has 4 heterocycles. The zero-order valence-electron chi connectivity index (χ0n) is 20.4. The van der Waals surface area contributed by atoms with Gasteiger partial charge in [-0.3, -0.25) is 33.9 Å². The van der Waals surface area contributed by atoms with Gasteiger partial charge in [-0.15, -0.1) is 23.1 Å². The first-order valence-corrected chi connectivity index (χ1v) is 12.5. The fraction of sp³-hybridized carbons (Fsp3) is 0.333. The van der Waals surface area contributed by atoms with Crippen molar-refractivity contribution in [2.45, 2.75) is 16.6 Å². The number of nitrogens with two attached hydrogens (primary N) is 1. The van der Waals surface area contributed by atoms with Gasteiger partial charge in [0.25, 0.3) is 11.8 Å². The van der Waals surface area contributed by atoms with Crippen LogP contribution in [0.25, 0.3) is 0 Å². The Kier molecular flexibility index (Phi) is 6.43. The highest BCUT2D eigenvalue weighted by atomic mass is 32.2. The third-order valence-corrected chi connectivity index (χ3v) is 7.68. The topological polar surface area (TPSA) is 215 Å². The number of oxime groups is 1. The number of rotatable bonds is 8. The quantitative estimate of drug-likeness (QED) is 0.0950. The Morgan fingerprint density at radius 1 is 1.44 bits per heavy atom. The van der Waals surface area contributed by atoms with E-state index < -0.39 is 51.7 Å². The maximum absolute atomic E-state index is 13.0. The molecule has 0 saturated carbocycles. The Morgan fingerprint density at radius 3 is 2.83 bits per heavy atom. The van der Waals surface area contributed by atoms with Crippen molar-refractivity contribution in [1.82, 2.24) is 30.0 Å². The van der Waals surface area contributed by atoms with Gasteiger partial charge < -0.3 is 21.0 Å². The number of nitrogen functional groups attached to an aromatic ring is 1. The first kappa shape index (κ1) is 22.8. The number of thioether (sulfide) groups is 2. The molecule has 1 unspecified atom stereocenters. The number of carbonyl (C=O) groups is 3. The minimum atomic E-state index is -2.45. The monoisotopic (exact) mass is 556 g/mol. The molecule has 18 heteroatoms. The average Bonchev–Trinajstić information content (AvgIpc) is 3.28. The van der Waals surface area contributed by atoms with Crippen molar-refractivity contribution in [1.29, 1.82) is 0 Å². The van der Waals surface area contributed by atoms with Crippen molar-refractivity contribution in [2.24, 2.45) is 12.2 Å². The number of hydrogen-bond donors (Lipinski definition) is 4. The summed E-state index contributed by atoms with van der Waals surface area (Å²) >= 11 is 2.50. The maximum atomic E-state index is 13.0. The highest BCUT2D eigenvalue weighted by molar-refractivity contribution is 8.01. The standard InChI is InChI=1S/C18H18N8O7S3/c1-25-18(22-12(28)13(29)23-25)36-4-6-3-34-15-9(14(30)26(15)10(6)16(31)32)21-11(27)8(24-33-2)7-5-35-17(19)20-7/h5,9,15H,3-4H2,1-2H3,(H2,19,20)(H,21,27)(H,23,29)(H,31,32)/b24-8-/t9-,15?/m1/s1/i4D2. The van der Waals surface area contributed by atoms with Crippen molar-refractivity contribution in [3.05, 3.63) is 43.1 Å². The van der Waals surface area contributed by atoms with Crippen LogP contribution in [0.1, 0.15) is 8.44 Å². The van der Waals surface area contributed by atoms with Gasteiger partial charge in [-0.05, 0) is 5.57 Å². The van der Waals surface area contributed by atoms with Crippen molar-refractivity contribution >= 4 is 63.5 Å². The summed E-state index contributed by atoms with van der Waals surface area (Å²) in [5.74, 6) is -3.31. The molecule has 2 aliphatic rings. The second-order valence-electron chi connectivity index (χ2n) is 7.09. The summed E-state index contributed by atoms with van der Waals surface area (Å²) in [5, 5.41) is 18.8. The highest BCUT2D eigenvalue weighted by Gasteiger charge is 2.54. The third kappa shape index (κ3) is 4.73. The third-order valence-electron chi connectivity index (χ3n) is 4.83. The lowest BCUT2D eigenvalue weighted by atomic mass is 10.0. The molecule has 0 radical (unpaired) electrons. The molecule has 0 aromatic carbocycles. The van der Waals surface area contributed by atoms with Crippen LogP contribution < -0.4 is 22.2 Å². The van der Waals surface area contributed by atoms with Gasteiger partial charge in [0.1, 0.15) is 29.9 Å². The van der Waals surface area contributed by atoms with E-state index in [1.54, 1.807) is 0 Å². The number of hydrogen-bond acceptors (Lipinski definition) is 13. The number of thiazole rings is 1. The number of amides is 2. The smallest absolute Gasteiger partial charge is 0.352 e. The van der Waals surface area contributed by atoms with Gasteiger partial charge in [-0.2, -0.15) is 4.98 Å². The molecule has 5 N–H and O–H groups in total. The number of β-lactam (4-membered cyclic amide) rings is 1. The fourth-order valence-corrected chi connectivity index (χ4v) is 5.87. The Hall–Kier alpha value is -3.64. The van der Waals surface area contributed by atoms with Crippen LogP contribution in [0.2, 0.25) is 0 Å². The molecule has 190 valence electrons. The normalized spacial score (nSPS) is 20.8. The van der Waals surface area contributed by atoms with Crippen LogP contribution >= 0.6 is 34.9 Å². The molecule has 1 fully saturated rings. The number of nitrogens with zero attached hydrogens (tertiary/aromatic N) is 5. The van der Waals surface area contributed by atoms with Crippen LogP contribution in [0.15, 0.2) is 36.6 Å². The van der Waals surface area contributed by atoms with E-state index in [9.17, 15) is 29.1 Å². The molecular formula is C18H18N8O7S3. The van der Waals surface area contributed by atoms with Crippen LogP contribution in [0, 0.1) is 0 Å². The second kappa shape index (κ2) is 10.2. The molecule has 15 nitrogen and oxygen atoms in total. The van der Waals surface area contributed by atoms with Gasteiger partial charge in [-0.25, -0.2) is 9.78 Å². The summed E-state index contributed by atoms with van der Waals surface area (Å²) in [6, 6.07) is -1.14. The Bertz CT molecular complexity index is 1520. The van der Waals surface area contributed by atoms with Gasteiger partial charge >= 0.3 is 17.1 Å². The van der Waals surface area contributed by atoms with Crippen molar-refractivity contribution in [3.8, 4) is 0 Å². The van der Waals surface area contributed by atoms with E-state index in [-0.39, 0.29) is 33.0 Å². The number of aliphatic carboxylic acids is 1. The molecule has 4 rings (SSSR count). The number of aryl methyl sites for hydroxylation is 1. The van der Waals surface area contributed by atoms with Gasteiger partial charge in [0.2, 0.25) is 0 Å². The van der Waals surface area contributed by atoms with Crippen LogP contribution in [0.3, 0.4) is 0 Å². The summed E-state index contributed by atoms with van der Waals surface area (Å²) in [6.45, 7) is 0. The molecule has 0 aliphatic carbocycles. The van der Waals surface area contributed by atoms with Crippen LogP contribution in [-0.2, 0) is 26.3 Å². The number of carbonyl (C=O) groups excluding carboxylic acids is 2. The van der Waals surface area contributed by atoms with Crippen molar-refractivity contribution in [2.75, 3.05) is 24.3 Å². The van der Waals surface area contributed by atoms with E-state index in [0.717, 1.165) is 32.7 Å². The summed E-state index contributed by atoms with van der Waals surface area (Å²) in [6.07, 6.45) is 0.